The van der Waals surface area contributed by atoms with E-state index >= 15 is 0 Å². The maximum Gasteiger partial charge on any atom is 0.315 e. The number of aliphatic imine (C=N–C) groups is 1. The quantitative estimate of drug-likeness (QED) is 0.669. The van der Waals surface area contributed by atoms with Crippen LogP contribution in [0.15, 0.2) is 4.99 Å². The van der Waals surface area contributed by atoms with Crippen LogP contribution in [0.25, 0.3) is 0 Å². The molecule has 0 radical (unpaired) electrons. The first-order valence-electron chi connectivity index (χ1n) is 7.92. The number of nitrogens with zero attached hydrogens (tertiary/aromatic N) is 3. The number of nitriles is 2. The Balaban J connectivity index is 3.50. The molecule has 0 saturated heterocycles. The number of hydrogen-bond acceptors (Lipinski definition) is 7. The van der Waals surface area contributed by atoms with Crippen LogP contribution in [-0.2, 0) is 14.3 Å². The zero-order chi connectivity index (χ0) is 19.3. The lowest BCUT2D eigenvalue weighted by molar-refractivity contribution is -0.139. The fraction of sp³-hybridized carbons (Fsp3) is 0.688. The highest BCUT2D eigenvalue weighted by Crippen LogP contribution is 2.58. The van der Waals surface area contributed by atoms with Crippen molar-refractivity contribution in [2.75, 3.05) is 12.4 Å². The summed E-state index contributed by atoms with van der Waals surface area (Å²) in [5.41, 5.74) is 2.76. The van der Waals surface area contributed by atoms with Crippen LogP contribution in [0.3, 0.4) is 0 Å². The van der Waals surface area contributed by atoms with E-state index in [2.05, 4.69) is 4.99 Å². The molecular formula is C16H21ClN4O3S. The third kappa shape index (κ3) is 3.33. The molecule has 1 rings (SSSR count). The molecule has 25 heavy (non-hydrogen) atoms. The van der Waals surface area contributed by atoms with E-state index in [0.717, 1.165) is 11.8 Å². The number of carbonyl (C=O) groups excluding carboxylic acids is 2. The largest absolute Gasteiger partial charge is 0.465 e. The van der Waals surface area contributed by atoms with E-state index in [9.17, 15) is 20.1 Å². The second-order valence-corrected chi connectivity index (χ2v) is 7.09. The molecule has 1 aliphatic rings. The summed E-state index contributed by atoms with van der Waals surface area (Å²) in [5.74, 6) is -2.58. The Morgan fingerprint density at radius 3 is 2.36 bits per heavy atom. The van der Waals surface area contributed by atoms with E-state index in [1.807, 2.05) is 12.1 Å². The zero-order valence-electron chi connectivity index (χ0n) is 14.4. The molecule has 0 aromatic heterocycles. The SMILES string of the molecule is CCOC(=O)CS[C@@H]1N=C(Cl)C(C#N)[C@@](C#N)(C(N)=O)C1(CC)CC. The fourth-order valence-electron chi connectivity index (χ4n) is 3.44. The van der Waals surface area contributed by atoms with E-state index in [1.54, 1.807) is 20.8 Å². The van der Waals surface area contributed by atoms with Gasteiger partial charge >= 0.3 is 5.97 Å². The molecule has 0 spiro atoms. The van der Waals surface area contributed by atoms with Crippen LogP contribution >= 0.6 is 23.4 Å². The second kappa shape index (κ2) is 8.55. The summed E-state index contributed by atoms with van der Waals surface area (Å²) >= 11 is 7.28. The molecule has 7 nitrogen and oxygen atoms in total. The van der Waals surface area contributed by atoms with Gasteiger partial charge in [-0.2, -0.15) is 10.5 Å². The monoisotopic (exact) mass is 384 g/mol. The first-order chi connectivity index (χ1) is 11.8. The van der Waals surface area contributed by atoms with Gasteiger partial charge in [0.25, 0.3) is 0 Å². The van der Waals surface area contributed by atoms with E-state index in [1.165, 1.54) is 0 Å². The van der Waals surface area contributed by atoms with Gasteiger partial charge in [-0.15, -0.1) is 11.8 Å². The van der Waals surface area contributed by atoms with Crippen molar-refractivity contribution in [3.8, 4) is 12.1 Å². The number of carbonyl (C=O) groups is 2. The predicted molar refractivity (Wildman–Crippen MR) is 95.5 cm³/mol. The average Bonchev–Trinajstić information content (AvgIpc) is 2.59. The van der Waals surface area contributed by atoms with Gasteiger partial charge in [0.15, 0.2) is 5.41 Å². The Kier molecular flexibility index (Phi) is 7.28. The average molecular weight is 385 g/mol. The van der Waals surface area contributed by atoms with Gasteiger partial charge in [-0.3, -0.25) is 14.6 Å². The lowest BCUT2D eigenvalue weighted by atomic mass is 9.54. The van der Waals surface area contributed by atoms with Gasteiger partial charge in [0.2, 0.25) is 5.91 Å². The zero-order valence-corrected chi connectivity index (χ0v) is 16.0. The number of thioether (sulfide) groups is 1. The topological polar surface area (TPSA) is 129 Å². The minimum atomic E-state index is -1.82. The number of ether oxygens (including phenoxy) is 1. The van der Waals surface area contributed by atoms with Crippen molar-refractivity contribution in [1.82, 2.24) is 0 Å². The van der Waals surface area contributed by atoms with Gasteiger partial charge in [-0.25, -0.2) is 0 Å². The number of primary amides is 1. The molecule has 0 aromatic carbocycles. The first-order valence-corrected chi connectivity index (χ1v) is 9.35. The lowest BCUT2D eigenvalue weighted by Gasteiger charge is -2.51. The highest BCUT2D eigenvalue weighted by Gasteiger charge is 2.66. The highest BCUT2D eigenvalue weighted by atomic mass is 35.5. The van der Waals surface area contributed by atoms with E-state index < -0.39 is 34.0 Å². The first kappa shape index (κ1) is 21.3. The van der Waals surface area contributed by atoms with Crippen molar-refractivity contribution >= 4 is 40.4 Å². The summed E-state index contributed by atoms with van der Waals surface area (Å²) in [6.45, 7) is 5.56. The van der Waals surface area contributed by atoms with E-state index in [4.69, 9.17) is 22.1 Å². The van der Waals surface area contributed by atoms with Gasteiger partial charge in [0, 0.05) is 5.41 Å². The number of esters is 1. The van der Waals surface area contributed by atoms with Crippen molar-refractivity contribution < 1.29 is 14.3 Å². The maximum absolute atomic E-state index is 12.4. The smallest absolute Gasteiger partial charge is 0.315 e. The summed E-state index contributed by atoms with van der Waals surface area (Å²) < 4.78 is 4.91. The third-order valence-corrected chi connectivity index (χ3v) is 6.38. The number of halogens is 1. The van der Waals surface area contributed by atoms with Crippen molar-refractivity contribution in [1.29, 1.82) is 10.5 Å². The Morgan fingerprint density at radius 2 is 1.96 bits per heavy atom. The minimum absolute atomic E-state index is 0.00852. The summed E-state index contributed by atoms with van der Waals surface area (Å²) in [5, 5.41) is 18.6. The molecule has 0 fully saturated rings. The molecule has 1 amide bonds. The van der Waals surface area contributed by atoms with Gasteiger partial charge in [0.05, 0.1) is 24.5 Å². The Hall–Kier alpha value is -1.77. The van der Waals surface area contributed by atoms with Crippen LogP contribution in [0.1, 0.15) is 33.6 Å². The van der Waals surface area contributed by atoms with E-state index in [0.29, 0.717) is 12.8 Å². The van der Waals surface area contributed by atoms with Gasteiger partial charge in [-0.05, 0) is 19.8 Å². The van der Waals surface area contributed by atoms with Crippen LogP contribution < -0.4 is 5.73 Å². The molecule has 0 bridgehead atoms. The summed E-state index contributed by atoms with van der Waals surface area (Å²) in [6.07, 6.45) is 0.735. The van der Waals surface area contributed by atoms with Crippen molar-refractivity contribution in [3.63, 3.8) is 0 Å². The Morgan fingerprint density at radius 1 is 1.36 bits per heavy atom. The van der Waals surface area contributed by atoms with Crippen LogP contribution in [0, 0.1) is 39.4 Å². The lowest BCUT2D eigenvalue weighted by Crippen LogP contribution is -2.61. The van der Waals surface area contributed by atoms with Gasteiger partial charge < -0.3 is 10.5 Å². The molecular weight excluding hydrogens is 364 g/mol. The number of hydrogen-bond donors (Lipinski definition) is 1. The second-order valence-electron chi connectivity index (χ2n) is 5.63. The van der Waals surface area contributed by atoms with Crippen LogP contribution in [0.5, 0.6) is 0 Å². The Bertz CT molecular complexity index is 651. The highest BCUT2D eigenvalue weighted by molar-refractivity contribution is 8.00. The standard InChI is InChI=1S/C16H21ClN4O3S/c1-4-15(5-2)14(25-8-11(22)24-6-3)21-12(17)10(7-18)16(15,9-19)13(20)23/h10,14H,4-6,8H2,1-3H3,(H2,20,23)/t10?,14-,16-/m0/s1. The molecule has 1 unspecified atom stereocenters. The van der Waals surface area contributed by atoms with Gasteiger partial charge in [0.1, 0.15) is 16.5 Å². The van der Waals surface area contributed by atoms with Crippen molar-refractivity contribution in [3.05, 3.63) is 0 Å². The van der Waals surface area contributed by atoms with E-state index in [-0.39, 0.29) is 17.5 Å². The van der Waals surface area contributed by atoms with Crippen LogP contribution in [0.2, 0.25) is 0 Å². The molecule has 3 atom stereocenters. The molecule has 1 heterocycles. The van der Waals surface area contributed by atoms with Crippen molar-refractivity contribution in [2.45, 2.75) is 39.0 Å². The normalized spacial score (nSPS) is 27.5. The third-order valence-electron chi connectivity index (χ3n) is 4.79. The summed E-state index contributed by atoms with van der Waals surface area (Å²) in [7, 11) is 0. The van der Waals surface area contributed by atoms with Gasteiger partial charge in [-0.1, -0.05) is 25.4 Å². The molecule has 0 aromatic rings. The maximum atomic E-state index is 12.4. The summed E-state index contributed by atoms with van der Waals surface area (Å²) in [4.78, 5) is 28.4. The molecule has 0 saturated carbocycles. The van der Waals surface area contributed by atoms with Crippen LogP contribution in [0.4, 0.5) is 0 Å². The molecule has 1 aliphatic heterocycles. The minimum Gasteiger partial charge on any atom is -0.465 e. The molecule has 136 valence electrons. The number of amides is 1. The summed E-state index contributed by atoms with van der Waals surface area (Å²) in [6, 6.07) is 3.91. The predicted octanol–water partition coefficient (Wildman–Crippen LogP) is 2.20. The Labute approximate surface area is 156 Å². The fourth-order valence-corrected chi connectivity index (χ4v) is 5.21. The number of nitrogens with two attached hydrogens (primary N) is 1. The van der Waals surface area contributed by atoms with Crippen molar-refractivity contribution in [2.24, 2.45) is 27.5 Å². The molecule has 0 aliphatic carbocycles. The molecule has 2 N–H and O–H groups in total. The van der Waals surface area contributed by atoms with Crippen LogP contribution in [-0.4, -0.2) is 34.8 Å². The number of rotatable bonds is 7. The molecule has 9 heteroatoms.